The Hall–Kier alpha value is -0.970. The minimum atomic E-state index is -4.72. The van der Waals surface area contributed by atoms with Crippen LogP contribution in [0.25, 0.3) is 0 Å². The smallest absolute Gasteiger partial charge is 0.388 e. The molecular formula is C8H7ClF3NO. The number of nitrogens with zero attached hydrogens (tertiary/aromatic N) is 1. The van der Waals surface area contributed by atoms with Crippen molar-refractivity contribution in [1.29, 1.82) is 0 Å². The number of pyridine rings is 1. The molecular weight excluding hydrogens is 219 g/mol. The minimum Gasteiger partial charge on any atom is -0.388 e. The SMILES string of the molecule is Cc1cnc(OC(F)(F)F)cc1CCl. The van der Waals surface area contributed by atoms with Crippen molar-refractivity contribution in [3.8, 4) is 5.88 Å². The molecule has 6 heteroatoms. The van der Waals surface area contributed by atoms with E-state index in [1.54, 1.807) is 6.92 Å². The molecule has 2 nitrogen and oxygen atoms in total. The molecule has 0 bridgehead atoms. The maximum Gasteiger partial charge on any atom is 0.574 e. The number of rotatable bonds is 2. The average molecular weight is 226 g/mol. The lowest BCUT2D eigenvalue weighted by Gasteiger charge is -2.09. The number of aryl methyl sites for hydroxylation is 1. The van der Waals surface area contributed by atoms with Crippen molar-refractivity contribution in [3.05, 3.63) is 23.4 Å². The lowest BCUT2D eigenvalue weighted by atomic mass is 10.2. The summed E-state index contributed by atoms with van der Waals surface area (Å²) in [4.78, 5) is 3.47. The molecule has 0 aliphatic carbocycles. The second kappa shape index (κ2) is 4.04. The Morgan fingerprint density at radius 3 is 2.64 bits per heavy atom. The highest BCUT2D eigenvalue weighted by Crippen LogP contribution is 2.23. The molecule has 14 heavy (non-hydrogen) atoms. The van der Waals surface area contributed by atoms with Gasteiger partial charge in [-0.05, 0) is 18.1 Å². The van der Waals surface area contributed by atoms with Crippen molar-refractivity contribution in [1.82, 2.24) is 4.98 Å². The number of alkyl halides is 4. The molecule has 0 saturated carbocycles. The summed E-state index contributed by atoms with van der Waals surface area (Å²) in [7, 11) is 0. The van der Waals surface area contributed by atoms with Gasteiger partial charge in [-0.2, -0.15) is 0 Å². The van der Waals surface area contributed by atoms with Crippen LogP contribution in [0.2, 0.25) is 0 Å². The lowest BCUT2D eigenvalue weighted by molar-refractivity contribution is -0.276. The summed E-state index contributed by atoms with van der Waals surface area (Å²) in [6.45, 7) is 1.71. The van der Waals surface area contributed by atoms with Gasteiger partial charge in [0.2, 0.25) is 5.88 Å². The fraction of sp³-hybridized carbons (Fsp3) is 0.375. The van der Waals surface area contributed by atoms with Crippen LogP contribution in [0.3, 0.4) is 0 Å². The molecule has 0 saturated heterocycles. The van der Waals surface area contributed by atoms with Gasteiger partial charge in [0, 0.05) is 18.1 Å². The fourth-order valence-corrected chi connectivity index (χ4v) is 1.15. The van der Waals surface area contributed by atoms with E-state index in [-0.39, 0.29) is 5.88 Å². The Labute approximate surface area is 83.7 Å². The van der Waals surface area contributed by atoms with E-state index in [0.717, 1.165) is 5.56 Å². The average Bonchev–Trinajstić information content (AvgIpc) is 2.06. The first kappa shape index (κ1) is 11.1. The number of hydrogen-bond acceptors (Lipinski definition) is 2. The Morgan fingerprint density at radius 2 is 2.14 bits per heavy atom. The van der Waals surface area contributed by atoms with Gasteiger partial charge >= 0.3 is 6.36 Å². The Bertz CT molecular complexity index is 327. The number of hydrogen-bond donors (Lipinski definition) is 0. The zero-order valence-corrected chi connectivity index (χ0v) is 7.99. The van der Waals surface area contributed by atoms with Gasteiger partial charge in [0.15, 0.2) is 0 Å². The predicted molar refractivity (Wildman–Crippen MR) is 45.2 cm³/mol. The molecule has 0 amide bonds. The van der Waals surface area contributed by atoms with Crippen LogP contribution in [0.5, 0.6) is 5.88 Å². The first-order valence-electron chi connectivity index (χ1n) is 3.69. The van der Waals surface area contributed by atoms with Crippen molar-refractivity contribution in [2.75, 3.05) is 0 Å². The number of halogens is 4. The van der Waals surface area contributed by atoms with Gasteiger partial charge in [0.1, 0.15) is 0 Å². The molecule has 0 radical (unpaired) electrons. The molecule has 0 aliphatic heterocycles. The quantitative estimate of drug-likeness (QED) is 0.722. The van der Waals surface area contributed by atoms with Crippen molar-refractivity contribution in [3.63, 3.8) is 0 Å². The van der Waals surface area contributed by atoms with E-state index in [9.17, 15) is 13.2 Å². The molecule has 1 aromatic heterocycles. The molecule has 0 fully saturated rings. The summed E-state index contributed by atoms with van der Waals surface area (Å²) >= 11 is 5.51. The van der Waals surface area contributed by atoms with Gasteiger partial charge in [0.25, 0.3) is 0 Å². The van der Waals surface area contributed by atoms with Crippen molar-refractivity contribution in [2.24, 2.45) is 0 Å². The molecule has 1 heterocycles. The van der Waals surface area contributed by atoms with E-state index >= 15 is 0 Å². The lowest BCUT2D eigenvalue weighted by Crippen LogP contribution is -2.18. The highest BCUT2D eigenvalue weighted by Gasteiger charge is 2.31. The van der Waals surface area contributed by atoms with Crippen LogP contribution in [0, 0.1) is 6.92 Å². The van der Waals surface area contributed by atoms with E-state index in [1.807, 2.05) is 0 Å². The standard InChI is InChI=1S/C8H7ClF3NO/c1-5-4-13-7(2-6(5)3-9)14-8(10,11)12/h2,4H,3H2,1H3. The molecule has 0 unspecified atom stereocenters. The van der Waals surface area contributed by atoms with Gasteiger partial charge in [-0.3, -0.25) is 0 Å². The van der Waals surface area contributed by atoms with E-state index < -0.39 is 12.2 Å². The van der Waals surface area contributed by atoms with Crippen molar-refractivity contribution in [2.45, 2.75) is 19.2 Å². The third kappa shape index (κ3) is 3.06. The molecule has 0 aromatic carbocycles. The van der Waals surface area contributed by atoms with E-state index in [2.05, 4.69) is 9.72 Å². The normalized spacial score (nSPS) is 11.5. The van der Waals surface area contributed by atoms with E-state index in [0.29, 0.717) is 5.56 Å². The first-order chi connectivity index (χ1) is 6.42. The summed E-state index contributed by atoms with van der Waals surface area (Å²) in [5.41, 5.74) is 1.30. The monoisotopic (exact) mass is 225 g/mol. The van der Waals surface area contributed by atoms with Crippen molar-refractivity contribution < 1.29 is 17.9 Å². The third-order valence-corrected chi connectivity index (χ3v) is 1.84. The summed E-state index contributed by atoms with van der Waals surface area (Å²) < 4.78 is 39.0. The highest BCUT2D eigenvalue weighted by atomic mass is 35.5. The zero-order valence-electron chi connectivity index (χ0n) is 7.23. The van der Waals surface area contributed by atoms with Gasteiger partial charge in [-0.25, -0.2) is 4.98 Å². The summed E-state index contributed by atoms with van der Waals surface area (Å²) in [6.07, 6.45) is -3.43. The number of ether oxygens (including phenoxy) is 1. The molecule has 0 spiro atoms. The fourth-order valence-electron chi connectivity index (χ4n) is 0.862. The van der Waals surface area contributed by atoms with Crippen molar-refractivity contribution >= 4 is 11.6 Å². The zero-order chi connectivity index (χ0) is 10.8. The van der Waals surface area contributed by atoms with Crippen LogP contribution in [-0.4, -0.2) is 11.3 Å². The van der Waals surface area contributed by atoms with Gasteiger partial charge in [-0.15, -0.1) is 24.8 Å². The minimum absolute atomic E-state index is 0.128. The molecule has 78 valence electrons. The molecule has 0 aliphatic rings. The van der Waals surface area contributed by atoms with Crippen LogP contribution in [0.4, 0.5) is 13.2 Å². The first-order valence-corrected chi connectivity index (χ1v) is 4.23. The Kier molecular flexibility index (Phi) is 3.21. The van der Waals surface area contributed by atoms with Gasteiger partial charge in [0.05, 0.1) is 0 Å². The number of aromatic nitrogens is 1. The summed E-state index contributed by atoms with van der Waals surface area (Å²) in [5, 5.41) is 0. The second-order valence-electron chi connectivity index (χ2n) is 2.63. The Balaban J connectivity index is 2.90. The summed E-state index contributed by atoms with van der Waals surface area (Å²) in [6, 6.07) is 1.18. The van der Waals surface area contributed by atoms with Crippen LogP contribution >= 0.6 is 11.6 Å². The maximum absolute atomic E-state index is 11.8. The van der Waals surface area contributed by atoms with E-state index in [4.69, 9.17) is 11.6 Å². The molecule has 1 aromatic rings. The third-order valence-electron chi connectivity index (χ3n) is 1.55. The van der Waals surface area contributed by atoms with Crippen LogP contribution < -0.4 is 4.74 Å². The largest absolute Gasteiger partial charge is 0.574 e. The van der Waals surface area contributed by atoms with Gasteiger partial charge in [-0.1, -0.05) is 0 Å². The topological polar surface area (TPSA) is 22.1 Å². The van der Waals surface area contributed by atoms with Gasteiger partial charge < -0.3 is 4.74 Å². The molecule has 1 rings (SSSR count). The van der Waals surface area contributed by atoms with Crippen LogP contribution in [0.1, 0.15) is 11.1 Å². The van der Waals surface area contributed by atoms with E-state index in [1.165, 1.54) is 12.3 Å². The molecule has 0 N–H and O–H groups in total. The maximum atomic E-state index is 11.8. The molecule has 0 atom stereocenters. The highest BCUT2D eigenvalue weighted by molar-refractivity contribution is 6.17. The Morgan fingerprint density at radius 1 is 1.50 bits per heavy atom. The van der Waals surface area contributed by atoms with Crippen LogP contribution in [0.15, 0.2) is 12.3 Å². The summed E-state index contributed by atoms with van der Waals surface area (Å²) in [5.74, 6) is -0.360. The predicted octanol–water partition coefficient (Wildman–Crippen LogP) is 3.03. The van der Waals surface area contributed by atoms with Crippen LogP contribution in [-0.2, 0) is 5.88 Å². The second-order valence-corrected chi connectivity index (χ2v) is 2.90.